The molecule has 94 valence electrons. The summed E-state index contributed by atoms with van der Waals surface area (Å²) < 4.78 is 0. The van der Waals surface area contributed by atoms with E-state index in [1.165, 1.54) is 0 Å². The first-order valence-electron chi connectivity index (χ1n) is 5.63. The number of carbonyl (C=O) groups excluding carboxylic acids is 1. The van der Waals surface area contributed by atoms with Crippen LogP contribution in [0.15, 0.2) is 30.6 Å². The van der Waals surface area contributed by atoms with Crippen LogP contribution in [-0.4, -0.2) is 15.8 Å². The maximum atomic E-state index is 11.9. The number of halogens is 2. The summed E-state index contributed by atoms with van der Waals surface area (Å²) in [6, 6.07) is 4.93. The monoisotopic (exact) mass is 282 g/mol. The quantitative estimate of drug-likeness (QED) is 0.845. The van der Waals surface area contributed by atoms with E-state index in [0.717, 1.165) is 18.7 Å². The van der Waals surface area contributed by atoms with E-state index in [2.05, 4.69) is 9.97 Å². The summed E-state index contributed by atoms with van der Waals surface area (Å²) in [7, 11) is 0. The third kappa shape index (κ3) is 3.34. The molecule has 1 heterocycles. The van der Waals surface area contributed by atoms with Crippen LogP contribution in [-0.2, 0) is 6.42 Å². The number of ketones is 1. The Bertz CT molecular complexity index is 538. The fourth-order valence-corrected chi connectivity index (χ4v) is 2.22. The Morgan fingerprint density at radius 1 is 1.33 bits per heavy atom. The fraction of sp³-hybridized carbons (Fsp3) is 0.231. The molecule has 0 aliphatic carbocycles. The highest BCUT2D eigenvalue weighted by molar-refractivity contribution is 6.36. The van der Waals surface area contributed by atoms with E-state index in [1.54, 1.807) is 30.6 Å². The van der Waals surface area contributed by atoms with Crippen LogP contribution in [0.1, 0.15) is 29.0 Å². The van der Waals surface area contributed by atoms with Crippen molar-refractivity contribution in [2.24, 2.45) is 0 Å². The second-order valence-electron chi connectivity index (χ2n) is 3.94. The Morgan fingerprint density at radius 2 is 2.17 bits per heavy atom. The Hall–Kier alpha value is -1.32. The number of aromatic nitrogens is 2. The minimum absolute atomic E-state index is 0.0308. The molecule has 0 saturated carbocycles. The predicted molar refractivity (Wildman–Crippen MR) is 72.3 cm³/mol. The first-order chi connectivity index (χ1) is 8.66. The molecule has 0 amide bonds. The maximum absolute atomic E-state index is 11.9. The van der Waals surface area contributed by atoms with E-state index in [1.807, 2.05) is 0 Å². The van der Waals surface area contributed by atoms with Crippen molar-refractivity contribution in [3.8, 4) is 0 Å². The molecule has 0 radical (unpaired) electrons. The van der Waals surface area contributed by atoms with E-state index in [9.17, 15) is 4.79 Å². The zero-order valence-electron chi connectivity index (χ0n) is 9.62. The molecule has 0 unspecified atom stereocenters. The zero-order valence-corrected chi connectivity index (χ0v) is 11.1. The van der Waals surface area contributed by atoms with Crippen molar-refractivity contribution in [1.82, 2.24) is 9.97 Å². The summed E-state index contributed by atoms with van der Waals surface area (Å²) in [6.45, 7) is 0. The number of H-pyrrole nitrogens is 1. The lowest BCUT2D eigenvalue weighted by atomic mass is 10.1. The van der Waals surface area contributed by atoms with Gasteiger partial charge in [-0.05, 0) is 24.6 Å². The van der Waals surface area contributed by atoms with Crippen LogP contribution < -0.4 is 0 Å². The molecule has 0 spiro atoms. The van der Waals surface area contributed by atoms with Crippen molar-refractivity contribution in [2.75, 3.05) is 0 Å². The number of imidazole rings is 1. The molecule has 0 aliphatic heterocycles. The summed E-state index contributed by atoms with van der Waals surface area (Å²) >= 11 is 11.8. The van der Waals surface area contributed by atoms with Crippen LogP contribution >= 0.6 is 23.2 Å². The van der Waals surface area contributed by atoms with Crippen LogP contribution in [0.25, 0.3) is 0 Å². The van der Waals surface area contributed by atoms with Gasteiger partial charge in [-0.15, -0.1) is 0 Å². The molecule has 3 nitrogen and oxygen atoms in total. The topological polar surface area (TPSA) is 45.8 Å². The standard InChI is InChI=1S/C13H12Cl2N2O/c14-9-4-5-10(11(15)8-9)12(18)2-1-3-13-16-6-7-17-13/h4-8H,1-3H2,(H,16,17). The molecular formula is C13H12Cl2N2O. The van der Waals surface area contributed by atoms with Crippen molar-refractivity contribution < 1.29 is 4.79 Å². The fourth-order valence-electron chi connectivity index (χ4n) is 1.70. The van der Waals surface area contributed by atoms with E-state index in [-0.39, 0.29) is 5.78 Å². The minimum atomic E-state index is 0.0308. The minimum Gasteiger partial charge on any atom is -0.349 e. The molecule has 1 aromatic carbocycles. The van der Waals surface area contributed by atoms with Crippen LogP contribution in [0.5, 0.6) is 0 Å². The molecule has 2 aromatic rings. The summed E-state index contributed by atoms with van der Waals surface area (Å²) in [6.07, 6.45) is 5.41. The Morgan fingerprint density at radius 3 is 2.83 bits per heavy atom. The van der Waals surface area contributed by atoms with Gasteiger partial charge in [0.1, 0.15) is 5.82 Å². The highest BCUT2D eigenvalue weighted by Crippen LogP contribution is 2.22. The Balaban J connectivity index is 1.91. The molecule has 0 saturated heterocycles. The normalized spacial score (nSPS) is 10.6. The van der Waals surface area contributed by atoms with Gasteiger partial charge in [0.15, 0.2) is 5.78 Å². The molecule has 1 aromatic heterocycles. The smallest absolute Gasteiger partial charge is 0.164 e. The number of aryl methyl sites for hydroxylation is 1. The van der Waals surface area contributed by atoms with Crippen molar-refractivity contribution in [3.05, 3.63) is 52.0 Å². The first-order valence-corrected chi connectivity index (χ1v) is 6.39. The molecule has 0 fully saturated rings. The van der Waals surface area contributed by atoms with Crippen molar-refractivity contribution in [2.45, 2.75) is 19.3 Å². The van der Waals surface area contributed by atoms with Crippen LogP contribution in [0.3, 0.4) is 0 Å². The lowest BCUT2D eigenvalue weighted by molar-refractivity contribution is 0.0980. The third-order valence-electron chi connectivity index (χ3n) is 2.60. The number of rotatable bonds is 5. The van der Waals surface area contributed by atoms with Crippen LogP contribution in [0.2, 0.25) is 10.0 Å². The van der Waals surface area contributed by atoms with Gasteiger partial charge in [-0.25, -0.2) is 4.98 Å². The van der Waals surface area contributed by atoms with Gasteiger partial charge in [0.05, 0.1) is 5.02 Å². The van der Waals surface area contributed by atoms with Gasteiger partial charge in [0.2, 0.25) is 0 Å². The van der Waals surface area contributed by atoms with Gasteiger partial charge in [0, 0.05) is 35.8 Å². The van der Waals surface area contributed by atoms with Crippen LogP contribution in [0.4, 0.5) is 0 Å². The molecule has 0 bridgehead atoms. The lowest BCUT2D eigenvalue weighted by Crippen LogP contribution is -2.01. The van der Waals surface area contributed by atoms with Crippen molar-refractivity contribution >= 4 is 29.0 Å². The number of nitrogens with one attached hydrogen (secondary N) is 1. The van der Waals surface area contributed by atoms with E-state index in [4.69, 9.17) is 23.2 Å². The number of carbonyl (C=O) groups is 1. The highest BCUT2D eigenvalue weighted by atomic mass is 35.5. The average Bonchev–Trinajstić information content (AvgIpc) is 2.81. The second-order valence-corrected chi connectivity index (χ2v) is 4.78. The predicted octanol–water partition coefficient (Wildman–Crippen LogP) is 3.92. The van der Waals surface area contributed by atoms with Gasteiger partial charge < -0.3 is 4.98 Å². The van der Waals surface area contributed by atoms with Gasteiger partial charge in [-0.2, -0.15) is 0 Å². The van der Waals surface area contributed by atoms with Gasteiger partial charge >= 0.3 is 0 Å². The summed E-state index contributed by atoms with van der Waals surface area (Å²) in [5.41, 5.74) is 0.528. The number of hydrogen-bond acceptors (Lipinski definition) is 2. The van der Waals surface area contributed by atoms with Crippen LogP contribution in [0, 0.1) is 0 Å². The largest absolute Gasteiger partial charge is 0.349 e. The molecule has 0 atom stereocenters. The lowest BCUT2D eigenvalue weighted by Gasteiger charge is -2.03. The van der Waals surface area contributed by atoms with E-state index >= 15 is 0 Å². The maximum Gasteiger partial charge on any atom is 0.164 e. The third-order valence-corrected chi connectivity index (χ3v) is 3.15. The SMILES string of the molecule is O=C(CCCc1ncc[nH]1)c1ccc(Cl)cc1Cl. The molecular weight excluding hydrogens is 271 g/mol. The summed E-state index contributed by atoms with van der Waals surface area (Å²) in [5, 5.41) is 0.942. The number of Topliss-reactive ketones (excluding diaryl/α,β-unsaturated/α-hetero) is 1. The molecule has 18 heavy (non-hydrogen) atoms. The highest BCUT2D eigenvalue weighted by Gasteiger charge is 2.10. The van der Waals surface area contributed by atoms with Crippen molar-refractivity contribution in [3.63, 3.8) is 0 Å². The molecule has 2 rings (SSSR count). The number of benzene rings is 1. The number of aromatic amines is 1. The molecule has 0 aliphatic rings. The average molecular weight is 283 g/mol. The van der Waals surface area contributed by atoms with Gasteiger partial charge in [-0.1, -0.05) is 23.2 Å². The van der Waals surface area contributed by atoms with Gasteiger partial charge in [0.25, 0.3) is 0 Å². The van der Waals surface area contributed by atoms with Gasteiger partial charge in [-0.3, -0.25) is 4.79 Å². The second kappa shape index (κ2) is 6.03. The van der Waals surface area contributed by atoms with Crippen molar-refractivity contribution in [1.29, 1.82) is 0 Å². The Kier molecular flexibility index (Phi) is 4.39. The molecule has 1 N–H and O–H groups in total. The number of nitrogens with zero attached hydrogens (tertiary/aromatic N) is 1. The summed E-state index contributed by atoms with van der Waals surface area (Å²) in [5.74, 6) is 0.924. The Labute approximate surface area is 115 Å². The number of hydrogen-bond donors (Lipinski definition) is 1. The first kappa shape index (κ1) is 13.1. The summed E-state index contributed by atoms with van der Waals surface area (Å²) in [4.78, 5) is 19.1. The van der Waals surface area contributed by atoms with E-state index < -0.39 is 0 Å². The zero-order chi connectivity index (χ0) is 13.0. The van der Waals surface area contributed by atoms with E-state index in [0.29, 0.717) is 22.0 Å². The molecule has 5 heteroatoms.